The average Bonchev–Trinajstić information content (AvgIpc) is 2.87. The third-order valence-electron chi connectivity index (χ3n) is 3.96. The standard InChI is InChI=1S/C16H19ClN2O4/c1-10(20)18-11-4-5-13(17)12(8-11)15(23)19-16(9-14(21)22)6-2-3-7-16/h4-5,8H,2-3,6-7,9H2,1H3,(H,18,20)(H,19,23)(H,21,22). The van der Waals surface area contributed by atoms with Crippen molar-refractivity contribution < 1.29 is 19.5 Å². The molecule has 0 heterocycles. The smallest absolute Gasteiger partial charge is 0.305 e. The van der Waals surface area contributed by atoms with Gasteiger partial charge in [-0.3, -0.25) is 14.4 Å². The molecule has 0 aliphatic heterocycles. The lowest BCUT2D eigenvalue weighted by Gasteiger charge is -2.29. The Bertz CT molecular complexity index is 639. The SMILES string of the molecule is CC(=O)Nc1ccc(Cl)c(C(=O)NC2(CC(=O)O)CCCC2)c1. The fourth-order valence-corrected chi connectivity index (χ4v) is 3.18. The van der Waals surface area contributed by atoms with Crippen molar-refractivity contribution in [3.63, 3.8) is 0 Å². The summed E-state index contributed by atoms with van der Waals surface area (Å²) in [6.07, 6.45) is 2.92. The zero-order valence-electron chi connectivity index (χ0n) is 12.8. The van der Waals surface area contributed by atoms with E-state index in [2.05, 4.69) is 10.6 Å². The van der Waals surface area contributed by atoms with Crippen LogP contribution in [-0.4, -0.2) is 28.4 Å². The van der Waals surface area contributed by atoms with Gasteiger partial charge in [-0.15, -0.1) is 0 Å². The summed E-state index contributed by atoms with van der Waals surface area (Å²) in [5, 5.41) is 14.8. The summed E-state index contributed by atoms with van der Waals surface area (Å²) in [5.74, 6) is -1.62. The van der Waals surface area contributed by atoms with E-state index in [-0.39, 0.29) is 22.9 Å². The molecule has 1 fully saturated rings. The lowest BCUT2D eigenvalue weighted by Crippen LogP contribution is -2.47. The van der Waals surface area contributed by atoms with Crippen LogP contribution in [0.1, 0.15) is 49.4 Å². The summed E-state index contributed by atoms with van der Waals surface area (Å²) in [5.41, 5.74) is -0.0451. The Labute approximate surface area is 139 Å². The molecular formula is C16H19ClN2O4. The van der Waals surface area contributed by atoms with Crippen LogP contribution in [0.15, 0.2) is 18.2 Å². The van der Waals surface area contributed by atoms with Crippen LogP contribution in [0.4, 0.5) is 5.69 Å². The number of hydrogen-bond donors (Lipinski definition) is 3. The monoisotopic (exact) mass is 338 g/mol. The first kappa shape index (κ1) is 17.3. The van der Waals surface area contributed by atoms with Crippen LogP contribution in [0.3, 0.4) is 0 Å². The van der Waals surface area contributed by atoms with Gasteiger partial charge in [0, 0.05) is 12.6 Å². The third kappa shape index (κ3) is 4.45. The predicted molar refractivity (Wildman–Crippen MR) is 86.7 cm³/mol. The quantitative estimate of drug-likeness (QED) is 0.769. The van der Waals surface area contributed by atoms with Crippen molar-refractivity contribution in [2.45, 2.75) is 44.6 Å². The number of carboxylic acids is 1. The van der Waals surface area contributed by atoms with Crippen LogP contribution in [0, 0.1) is 0 Å². The third-order valence-corrected chi connectivity index (χ3v) is 4.29. The van der Waals surface area contributed by atoms with Crippen molar-refractivity contribution in [2.24, 2.45) is 0 Å². The van der Waals surface area contributed by atoms with Gasteiger partial charge in [0.2, 0.25) is 5.91 Å². The Balaban J connectivity index is 2.22. The number of hydrogen-bond acceptors (Lipinski definition) is 3. The summed E-state index contributed by atoms with van der Waals surface area (Å²) in [6.45, 7) is 1.37. The number of carbonyl (C=O) groups is 3. The second-order valence-corrected chi connectivity index (χ2v) is 6.30. The molecule has 0 unspecified atom stereocenters. The van der Waals surface area contributed by atoms with Crippen LogP contribution in [0.2, 0.25) is 5.02 Å². The fraction of sp³-hybridized carbons (Fsp3) is 0.438. The number of carboxylic acid groups (broad SMARTS) is 1. The van der Waals surface area contributed by atoms with Gasteiger partial charge >= 0.3 is 5.97 Å². The van der Waals surface area contributed by atoms with Crippen molar-refractivity contribution >= 4 is 35.1 Å². The molecule has 3 N–H and O–H groups in total. The largest absolute Gasteiger partial charge is 0.481 e. The molecule has 1 aromatic rings. The van der Waals surface area contributed by atoms with Crippen molar-refractivity contribution in [2.75, 3.05) is 5.32 Å². The molecule has 1 aromatic carbocycles. The summed E-state index contributed by atoms with van der Waals surface area (Å²) >= 11 is 6.07. The molecule has 7 heteroatoms. The van der Waals surface area contributed by atoms with E-state index in [1.807, 2.05) is 0 Å². The van der Waals surface area contributed by atoms with Gasteiger partial charge in [0.1, 0.15) is 0 Å². The molecule has 0 saturated heterocycles. The van der Waals surface area contributed by atoms with E-state index in [0.29, 0.717) is 18.5 Å². The molecule has 0 spiro atoms. The molecule has 1 aliphatic carbocycles. The number of amides is 2. The van der Waals surface area contributed by atoms with Crippen LogP contribution in [-0.2, 0) is 9.59 Å². The fourth-order valence-electron chi connectivity index (χ4n) is 2.98. The normalized spacial score (nSPS) is 15.9. The number of rotatable bonds is 5. The van der Waals surface area contributed by atoms with E-state index in [1.54, 1.807) is 6.07 Å². The highest BCUT2D eigenvalue weighted by Crippen LogP contribution is 2.33. The van der Waals surface area contributed by atoms with Gasteiger partial charge in [0.15, 0.2) is 0 Å². The first-order valence-corrected chi connectivity index (χ1v) is 7.81. The lowest BCUT2D eigenvalue weighted by atomic mass is 9.92. The molecule has 23 heavy (non-hydrogen) atoms. The van der Waals surface area contributed by atoms with Crippen molar-refractivity contribution in [1.29, 1.82) is 0 Å². The molecule has 6 nitrogen and oxygen atoms in total. The molecule has 124 valence electrons. The minimum atomic E-state index is -0.940. The van der Waals surface area contributed by atoms with Gasteiger partial charge < -0.3 is 15.7 Å². The number of benzene rings is 1. The van der Waals surface area contributed by atoms with Gasteiger partial charge in [0.05, 0.1) is 22.5 Å². The Morgan fingerprint density at radius 2 is 1.91 bits per heavy atom. The minimum Gasteiger partial charge on any atom is -0.481 e. The predicted octanol–water partition coefficient (Wildman–Crippen LogP) is 2.82. The van der Waals surface area contributed by atoms with Crippen molar-refractivity contribution in [1.82, 2.24) is 5.32 Å². The highest BCUT2D eigenvalue weighted by Gasteiger charge is 2.37. The Morgan fingerprint density at radius 1 is 1.26 bits per heavy atom. The molecule has 2 rings (SSSR count). The average molecular weight is 339 g/mol. The number of nitrogens with one attached hydrogen (secondary N) is 2. The topological polar surface area (TPSA) is 95.5 Å². The molecule has 0 bridgehead atoms. The zero-order chi connectivity index (χ0) is 17.0. The molecule has 1 aliphatic rings. The van der Waals surface area contributed by atoms with Crippen molar-refractivity contribution in [3.8, 4) is 0 Å². The van der Waals surface area contributed by atoms with Crippen LogP contribution >= 0.6 is 11.6 Å². The van der Waals surface area contributed by atoms with E-state index in [0.717, 1.165) is 12.8 Å². The maximum Gasteiger partial charge on any atom is 0.305 e. The second-order valence-electron chi connectivity index (χ2n) is 5.89. The number of halogens is 1. The van der Waals surface area contributed by atoms with Gasteiger partial charge in [-0.25, -0.2) is 0 Å². The first-order chi connectivity index (χ1) is 10.8. The van der Waals surface area contributed by atoms with Gasteiger partial charge in [-0.1, -0.05) is 24.4 Å². The lowest BCUT2D eigenvalue weighted by molar-refractivity contribution is -0.138. The van der Waals surface area contributed by atoms with Gasteiger partial charge in [-0.2, -0.15) is 0 Å². The van der Waals surface area contributed by atoms with Crippen LogP contribution in [0.5, 0.6) is 0 Å². The summed E-state index contributed by atoms with van der Waals surface area (Å²) in [7, 11) is 0. The first-order valence-electron chi connectivity index (χ1n) is 7.43. The number of carbonyl (C=O) groups excluding carboxylic acids is 2. The van der Waals surface area contributed by atoms with Crippen LogP contribution in [0.25, 0.3) is 0 Å². The molecule has 2 amide bonds. The molecule has 1 saturated carbocycles. The number of aliphatic carboxylic acids is 1. The van der Waals surface area contributed by atoms with Gasteiger partial charge in [-0.05, 0) is 31.0 Å². The molecule has 0 atom stereocenters. The summed E-state index contributed by atoms with van der Waals surface area (Å²) in [6, 6.07) is 4.62. The Morgan fingerprint density at radius 3 is 2.48 bits per heavy atom. The highest BCUT2D eigenvalue weighted by atomic mass is 35.5. The van der Waals surface area contributed by atoms with Crippen LogP contribution < -0.4 is 10.6 Å². The van der Waals surface area contributed by atoms with E-state index < -0.39 is 17.4 Å². The Kier molecular flexibility index (Phi) is 5.26. The van der Waals surface area contributed by atoms with E-state index in [4.69, 9.17) is 16.7 Å². The van der Waals surface area contributed by atoms with E-state index >= 15 is 0 Å². The maximum absolute atomic E-state index is 12.5. The summed E-state index contributed by atoms with van der Waals surface area (Å²) in [4.78, 5) is 34.8. The highest BCUT2D eigenvalue weighted by molar-refractivity contribution is 6.34. The second kappa shape index (κ2) is 7.00. The molecular weight excluding hydrogens is 320 g/mol. The summed E-state index contributed by atoms with van der Waals surface area (Å²) < 4.78 is 0. The van der Waals surface area contributed by atoms with E-state index in [9.17, 15) is 14.4 Å². The zero-order valence-corrected chi connectivity index (χ0v) is 13.6. The molecule has 0 aromatic heterocycles. The van der Waals surface area contributed by atoms with E-state index in [1.165, 1.54) is 19.1 Å². The maximum atomic E-state index is 12.5. The molecule has 0 radical (unpaired) electrons. The Hall–Kier alpha value is -2.08. The van der Waals surface area contributed by atoms with Gasteiger partial charge in [0.25, 0.3) is 5.91 Å². The number of anilines is 1. The van der Waals surface area contributed by atoms with Crippen molar-refractivity contribution in [3.05, 3.63) is 28.8 Å². The minimum absolute atomic E-state index is 0.109.